The first-order valence-electron chi connectivity index (χ1n) is 10.5. The molecule has 0 unspecified atom stereocenters. The Balaban J connectivity index is 1.32. The summed E-state index contributed by atoms with van der Waals surface area (Å²) in [6, 6.07) is 20.1. The molecule has 2 amide bonds. The summed E-state index contributed by atoms with van der Waals surface area (Å²) in [5.74, 6) is 0.825. The second-order valence-corrected chi connectivity index (χ2v) is 7.41. The van der Waals surface area contributed by atoms with Crippen molar-refractivity contribution < 1.29 is 22.7 Å². The molecule has 0 spiro atoms. The number of ether oxygens (including phenoxy) is 1. The Kier molecular flexibility index (Phi) is 8.32. The maximum absolute atomic E-state index is 12.6. The zero-order valence-corrected chi connectivity index (χ0v) is 18.2. The van der Waals surface area contributed by atoms with Gasteiger partial charge in [-0.3, -0.25) is 0 Å². The maximum Gasteiger partial charge on any atom is 0.416 e. The molecule has 3 aromatic rings. The Labute approximate surface area is 191 Å². The van der Waals surface area contributed by atoms with Crippen LogP contribution in [0, 0.1) is 0 Å². The van der Waals surface area contributed by atoms with Gasteiger partial charge < -0.3 is 20.7 Å². The number of hydrogen-bond acceptors (Lipinski definition) is 3. The molecule has 174 valence electrons. The van der Waals surface area contributed by atoms with Crippen molar-refractivity contribution in [3.05, 3.63) is 83.9 Å². The van der Waals surface area contributed by atoms with Gasteiger partial charge in [0.25, 0.3) is 0 Å². The number of nitrogens with one attached hydrogen (secondary N) is 3. The van der Waals surface area contributed by atoms with Gasteiger partial charge in [0.15, 0.2) is 0 Å². The third-order valence-corrected chi connectivity index (χ3v) is 4.99. The van der Waals surface area contributed by atoms with Crippen LogP contribution in [0.4, 0.5) is 23.7 Å². The summed E-state index contributed by atoms with van der Waals surface area (Å²) in [6.07, 6.45) is -3.68. The minimum Gasteiger partial charge on any atom is -0.497 e. The van der Waals surface area contributed by atoms with E-state index in [0.717, 1.165) is 34.6 Å². The van der Waals surface area contributed by atoms with Crippen LogP contribution in [0.15, 0.2) is 72.8 Å². The second-order valence-electron chi connectivity index (χ2n) is 7.41. The Morgan fingerprint density at radius 1 is 0.848 bits per heavy atom. The van der Waals surface area contributed by atoms with Crippen molar-refractivity contribution in [3.63, 3.8) is 0 Å². The molecule has 8 heteroatoms. The highest BCUT2D eigenvalue weighted by Crippen LogP contribution is 2.29. The molecule has 0 heterocycles. The standard InChI is InChI=1S/C25H26F3N3O2/c1-33-23-13-7-20(8-14-23)19-5-3-18(4-6-19)17-29-15-2-16-30-24(32)31-22-11-9-21(10-12-22)25(26,27)28/h3-14,29H,2,15-17H2,1H3,(H2,30,31,32). The lowest BCUT2D eigenvalue weighted by atomic mass is 10.0. The van der Waals surface area contributed by atoms with E-state index in [9.17, 15) is 18.0 Å². The number of benzene rings is 3. The van der Waals surface area contributed by atoms with Crippen LogP contribution in [0.25, 0.3) is 11.1 Å². The van der Waals surface area contributed by atoms with E-state index in [1.54, 1.807) is 7.11 Å². The van der Waals surface area contributed by atoms with E-state index in [0.29, 0.717) is 31.7 Å². The zero-order valence-electron chi connectivity index (χ0n) is 18.2. The van der Waals surface area contributed by atoms with Crippen molar-refractivity contribution in [2.75, 3.05) is 25.5 Å². The quantitative estimate of drug-likeness (QED) is 0.362. The fraction of sp³-hybridized carbons (Fsp3) is 0.240. The lowest BCUT2D eigenvalue weighted by Gasteiger charge is -2.10. The molecule has 0 saturated carbocycles. The molecular formula is C25H26F3N3O2. The smallest absolute Gasteiger partial charge is 0.416 e. The van der Waals surface area contributed by atoms with Crippen molar-refractivity contribution in [1.82, 2.24) is 10.6 Å². The van der Waals surface area contributed by atoms with Crippen LogP contribution >= 0.6 is 0 Å². The van der Waals surface area contributed by atoms with Gasteiger partial charge in [-0.05, 0) is 66.1 Å². The van der Waals surface area contributed by atoms with Gasteiger partial charge in [0, 0.05) is 18.8 Å². The first-order chi connectivity index (χ1) is 15.8. The molecule has 0 fully saturated rings. The molecule has 0 aliphatic heterocycles. The molecule has 0 saturated heterocycles. The average molecular weight is 457 g/mol. The van der Waals surface area contributed by atoms with Gasteiger partial charge in [-0.1, -0.05) is 36.4 Å². The van der Waals surface area contributed by atoms with Gasteiger partial charge in [-0.2, -0.15) is 13.2 Å². The molecule has 0 aromatic heterocycles. The van der Waals surface area contributed by atoms with Crippen LogP contribution in [-0.4, -0.2) is 26.2 Å². The van der Waals surface area contributed by atoms with E-state index in [1.165, 1.54) is 12.1 Å². The van der Waals surface area contributed by atoms with E-state index in [4.69, 9.17) is 4.74 Å². The Bertz CT molecular complexity index is 1020. The largest absolute Gasteiger partial charge is 0.497 e. The number of hydrogen-bond donors (Lipinski definition) is 3. The lowest BCUT2D eigenvalue weighted by Crippen LogP contribution is -2.31. The summed E-state index contributed by atoms with van der Waals surface area (Å²) in [5, 5.41) is 8.53. The Morgan fingerprint density at radius 3 is 2.03 bits per heavy atom. The molecule has 0 atom stereocenters. The van der Waals surface area contributed by atoms with E-state index < -0.39 is 17.8 Å². The minimum absolute atomic E-state index is 0.303. The average Bonchev–Trinajstić information content (AvgIpc) is 2.81. The molecule has 3 N–H and O–H groups in total. The fourth-order valence-electron chi connectivity index (χ4n) is 3.16. The minimum atomic E-state index is -4.40. The third kappa shape index (κ3) is 7.54. The summed E-state index contributed by atoms with van der Waals surface area (Å²) >= 11 is 0. The number of carbonyl (C=O) groups is 1. The molecular weight excluding hydrogens is 431 g/mol. The molecule has 0 radical (unpaired) electrons. The first-order valence-corrected chi connectivity index (χ1v) is 10.5. The van der Waals surface area contributed by atoms with E-state index in [-0.39, 0.29) is 0 Å². The predicted molar refractivity (Wildman–Crippen MR) is 123 cm³/mol. The van der Waals surface area contributed by atoms with E-state index in [1.807, 2.05) is 24.3 Å². The number of methoxy groups -OCH3 is 1. The number of halogens is 3. The monoisotopic (exact) mass is 457 g/mol. The predicted octanol–water partition coefficient (Wildman–Crippen LogP) is 5.68. The van der Waals surface area contributed by atoms with Crippen LogP contribution < -0.4 is 20.7 Å². The van der Waals surface area contributed by atoms with E-state index >= 15 is 0 Å². The number of alkyl halides is 3. The number of amides is 2. The topological polar surface area (TPSA) is 62.4 Å². The van der Waals surface area contributed by atoms with Gasteiger partial charge in [0.2, 0.25) is 0 Å². The zero-order chi connectivity index (χ0) is 23.7. The highest BCUT2D eigenvalue weighted by Gasteiger charge is 2.29. The van der Waals surface area contributed by atoms with Crippen molar-refractivity contribution in [2.45, 2.75) is 19.1 Å². The van der Waals surface area contributed by atoms with Crippen molar-refractivity contribution in [2.24, 2.45) is 0 Å². The van der Waals surface area contributed by atoms with Crippen LogP contribution in [0.1, 0.15) is 17.5 Å². The number of rotatable bonds is 9. The number of carbonyl (C=O) groups excluding carboxylic acids is 1. The second kappa shape index (κ2) is 11.4. The molecule has 0 bridgehead atoms. The van der Waals surface area contributed by atoms with Crippen LogP contribution in [0.3, 0.4) is 0 Å². The van der Waals surface area contributed by atoms with Crippen molar-refractivity contribution >= 4 is 11.7 Å². The highest BCUT2D eigenvalue weighted by atomic mass is 19.4. The maximum atomic E-state index is 12.6. The Hall–Kier alpha value is -3.52. The summed E-state index contributed by atoms with van der Waals surface area (Å²) in [6.45, 7) is 1.86. The van der Waals surface area contributed by atoms with Gasteiger partial charge in [-0.25, -0.2) is 4.79 Å². The third-order valence-electron chi connectivity index (χ3n) is 4.99. The summed E-state index contributed by atoms with van der Waals surface area (Å²) in [5.41, 5.74) is 2.95. The molecule has 5 nitrogen and oxygen atoms in total. The summed E-state index contributed by atoms with van der Waals surface area (Å²) < 4.78 is 42.9. The molecule has 3 aromatic carbocycles. The van der Waals surface area contributed by atoms with Crippen molar-refractivity contribution in [3.8, 4) is 16.9 Å². The van der Waals surface area contributed by atoms with E-state index in [2.05, 4.69) is 40.2 Å². The fourth-order valence-corrected chi connectivity index (χ4v) is 3.16. The molecule has 0 aliphatic carbocycles. The summed E-state index contributed by atoms with van der Waals surface area (Å²) in [4.78, 5) is 11.9. The van der Waals surface area contributed by atoms with Gasteiger partial charge in [-0.15, -0.1) is 0 Å². The van der Waals surface area contributed by atoms with Crippen LogP contribution in [0.2, 0.25) is 0 Å². The van der Waals surface area contributed by atoms with Gasteiger partial charge in [0.1, 0.15) is 5.75 Å². The number of urea groups is 1. The molecule has 33 heavy (non-hydrogen) atoms. The number of anilines is 1. The van der Waals surface area contributed by atoms with Crippen LogP contribution in [-0.2, 0) is 12.7 Å². The normalized spacial score (nSPS) is 11.2. The summed E-state index contributed by atoms with van der Waals surface area (Å²) in [7, 11) is 1.64. The van der Waals surface area contributed by atoms with Gasteiger partial charge in [0.05, 0.1) is 12.7 Å². The lowest BCUT2D eigenvalue weighted by molar-refractivity contribution is -0.137. The SMILES string of the molecule is COc1ccc(-c2ccc(CNCCCNC(=O)Nc3ccc(C(F)(F)F)cc3)cc2)cc1. The van der Waals surface area contributed by atoms with Crippen molar-refractivity contribution in [1.29, 1.82) is 0 Å². The Morgan fingerprint density at radius 2 is 1.45 bits per heavy atom. The van der Waals surface area contributed by atoms with Gasteiger partial charge >= 0.3 is 12.2 Å². The highest BCUT2D eigenvalue weighted by molar-refractivity contribution is 5.89. The van der Waals surface area contributed by atoms with Crippen LogP contribution in [0.5, 0.6) is 5.75 Å². The molecule has 0 aliphatic rings. The molecule has 3 rings (SSSR count). The first kappa shape index (κ1) is 24.1.